The van der Waals surface area contributed by atoms with Crippen LogP contribution in [0.4, 0.5) is 0 Å². The van der Waals surface area contributed by atoms with Crippen molar-refractivity contribution in [2.75, 3.05) is 13.7 Å². The first-order valence-corrected chi connectivity index (χ1v) is 43.1. The van der Waals surface area contributed by atoms with Crippen molar-refractivity contribution in [1.29, 1.82) is 0 Å². The molecule has 0 radical (unpaired) electrons. The molecule has 614 valence electrons. The molecule has 8 rings (SSSR count). The Morgan fingerprint density at radius 2 is 0.734 bits per heavy atom. The standard InChI is InChI=1S/C24H40O2.C21H36O2.C18H28O2.C16H26O2.2C10H14O/c1-5-20(4)22-14-16-23(17-15-22)26-24(25-18-19(2)3)13-9-12-21-10-7-6-8-11-21;1-8-17(6)18-11-13-20(14-12-18)23-21(7,15-16(4)5)22-19(9-2)10-3;1-4-14(2)16-10-12-18(13-11-16)20-15(3)19-17-8-6-5-7-9-17;1-7-12(2)13-8-10-14(11-9-13)18-15(17-6)16(3,4)5;2*1-3-8(2)9-4-6-10(11)7-5-9/h14-17,19-21,24H,5-13,18H2,1-4H3;11-14,16-17,19H,8-10,15H2,1-7H3;10-15,17H,4-9H2,1-3H3;8-12,15H,7H2,1-6H3;2*4-8,11H,3H2,1-2H3. The number of aromatic hydroxyl groups is 2. The van der Waals surface area contributed by atoms with Crippen LogP contribution in [-0.4, -0.2) is 60.8 Å². The Kier molecular flexibility index (Phi) is 48.0. The number of ether oxygens (including phenoxy) is 8. The minimum absolute atomic E-state index is 0.0376. The van der Waals surface area contributed by atoms with Gasteiger partial charge in [0.15, 0.2) is 12.6 Å². The second-order valence-electron chi connectivity index (χ2n) is 33.5. The maximum absolute atomic E-state index is 9.01. The van der Waals surface area contributed by atoms with Gasteiger partial charge in [-0.05, 0) is 237 Å². The maximum Gasteiger partial charge on any atom is 0.208 e. The van der Waals surface area contributed by atoms with Crippen molar-refractivity contribution in [3.8, 4) is 34.5 Å². The molecule has 2 aliphatic rings. The molecule has 0 heterocycles. The molecule has 6 aromatic carbocycles. The van der Waals surface area contributed by atoms with Crippen molar-refractivity contribution in [2.24, 2.45) is 23.2 Å². The van der Waals surface area contributed by atoms with E-state index in [1.807, 2.05) is 43.3 Å². The quantitative estimate of drug-likeness (QED) is 0.0369. The predicted octanol–water partition coefficient (Wildman–Crippen LogP) is 29.6. The number of methoxy groups -OCH3 is 1. The number of benzene rings is 6. The highest BCUT2D eigenvalue weighted by atomic mass is 16.7. The Morgan fingerprint density at radius 3 is 1.06 bits per heavy atom. The van der Waals surface area contributed by atoms with Gasteiger partial charge in [0, 0.05) is 32.3 Å². The van der Waals surface area contributed by atoms with E-state index in [9.17, 15) is 0 Å². The van der Waals surface area contributed by atoms with Crippen molar-refractivity contribution in [3.05, 3.63) is 179 Å². The van der Waals surface area contributed by atoms with Crippen LogP contribution >= 0.6 is 0 Å². The number of rotatable bonds is 36. The van der Waals surface area contributed by atoms with Crippen LogP contribution in [0, 0.1) is 23.2 Å². The first-order chi connectivity index (χ1) is 51.9. The molecule has 10 heteroatoms. The minimum Gasteiger partial charge on any atom is -0.508 e. The molecule has 0 aliphatic heterocycles. The van der Waals surface area contributed by atoms with E-state index < -0.39 is 5.79 Å². The van der Waals surface area contributed by atoms with Gasteiger partial charge in [-0.25, -0.2) is 0 Å². The lowest BCUT2D eigenvalue weighted by Gasteiger charge is -2.35. The third-order valence-corrected chi connectivity index (χ3v) is 21.9. The molecular formula is C99H158O10. The van der Waals surface area contributed by atoms with Gasteiger partial charge in [-0.2, -0.15) is 0 Å². The highest BCUT2D eigenvalue weighted by Gasteiger charge is 2.32. The SMILES string of the molecule is CCC(C)c1ccc(O)cc1.CCC(C)c1ccc(O)cc1.CCC(C)c1ccc(OC(C)OC2CCCCC2)cc1.CCC(C)c1ccc(OC(CCCC2CCCCC2)OCC(C)C)cc1.CCC(C)c1ccc(OC(OC)C(C)(C)C)cc1.CCC(CC)OC(C)(CC(C)C)Oc1ccc(C(C)CC)cc1. The van der Waals surface area contributed by atoms with Gasteiger partial charge in [0.2, 0.25) is 12.1 Å². The zero-order valence-electron chi connectivity index (χ0n) is 73.4. The Balaban J connectivity index is 0.000000347. The van der Waals surface area contributed by atoms with Gasteiger partial charge >= 0.3 is 0 Å². The molecule has 10 nitrogen and oxygen atoms in total. The smallest absolute Gasteiger partial charge is 0.208 e. The average molecular weight is 1510 g/mol. The van der Waals surface area contributed by atoms with Crippen LogP contribution in [0.15, 0.2) is 146 Å². The normalized spacial score (nSPS) is 16.3. The zero-order chi connectivity index (χ0) is 80.9. The number of hydrogen-bond acceptors (Lipinski definition) is 10. The van der Waals surface area contributed by atoms with Gasteiger partial charge in [-0.3, -0.25) is 0 Å². The van der Waals surface area contributed by atoms with Crippen molar-refractivity contribution >= 4 is 0 Å². The van der Waals surface area contributed by atoms with Gasteiger partial charge in [-0.15, -0.1) is 0 Å². The monoisotopic (exact) mass is 1510 g/mol. The molecule has 6 aromatic rings. The van der Waals surface area contributed by atoms with Crippen LogP contribution in [0.3, 0.4) is 0 Å². The lowest BCUT2D eigenvalue weighted by Crippen LogP contribution is -2.40. The zero-order valence-corrected chi connectivity index (χ0v) is 73.4. The Morgan fingerprint density at radius 1 is 0.394 bits per heavy atom. The first-order valence-electron chi connectivity index (χ1n) is 43.1. The van der Waals surface area contributed by atoms with E-state index in [-0.39, 0.29) is 30.4 Å². The summed E-state index contributed by atoms with van der Waals surface area (Å²) in [6.45, 7) is 50.9. The largest absolute Gasteiger partial charge is 0.508 e. The summed E-state index contributed by atoms with van der Waals surface area (Å²) in [5.41, 5.74) is 8.04. The fourth-order valence-corrected chi connectivity index (χ4v) is 13.5. The molecule has 0 bridgehead atoms. The van der Waals surface area contributed by atoms with Crippen LogP contribution in [-0.2, 0) is 18.9 Å². The number of phenols is 2. The summed E-state index contributed by atoms with van der Waals surface area (Å²) in [5.74, 6) is 9.30. The molecule has 2 aliphatic carbocycles. The minimum atomic E-state index is -0.567. The highest BCUT2D eigenvalue weighted by Crippen LogP contribution is 2.34. The summed E-state index contributed by atoms with van der Waals surface area (Å²) in [6, 6.07) is 48.7. The predicted molar refractivity (Wildman–Crippen MR) is 463 cm³/mol. The molecule has 10 unspecified atom stereocenters. The highest BCUT2D eigenvalue weighted by molar-refractivity contribution is 5.33. The molecule has 2 saturated carbocycles. The van der Waals surface area contributed by atoms with E-state index in [4.69, 9.17) is 48.1 Å². The Bertz CT molecular complexity index is 3110. The molecule has 0 saturated heterocycles. The Labute approximate surface area is 667 Å². The third-order valence-electron chi connectivity index (χ3n) is 21.9. The second-order valence-corrected chi connectivity index (χ2v) is 33.5. The van der Waals surface area contributed by atoms with Gasteiger partial charge in [0.05, 0.1) is 18.8 Å². The van der Waals surface area contributed by atoms with Crippen molar-refractivity contribution in [1.82, 2.24) is 0 Å². The van der Waals surface area contributed by atoms with E-state index in [0.29, 0.717) is 64.9 Å². The lowest BCUT2D eigenvalue weighted by atomic mass is 9.86. The maximum atomic E-state index is 9.01. The van der Waals surface area contributed by atoms with Crippen LogP contribution in [0.1, 0.15) is 369 Å². The topological polar surface area (TPSA) is 114 Å². The molecule has 0 spiro atoms. The third kappa shape index (κ3) is 39.8. The summed E-state index contributed by atoms with van der Waals surface area (Å²) in [7, 11) is 1.68. The fourth-order valence-electron chi connectivity index (χ4n) is 13.5. The molecule has 0 amide bonds. The molecular weight excluding hydrogens is 1350 g/mol. The van der Waals surface area contributed by atoms with E-state index in [1.54, 1.807) is 31.4 Å². The van der Waals surface area contributed by atoms with E-state index in [0.717, 1.165) is 86.9 Å². The van der Waals surface area contributed by atoms with Crippen molar-refractivity contribution in [2.45, 2.75) is 373 Å². The summed E-state index contributed by atoms with van der Waals surface area (Å²) >= 11 is 0. The van der Waals surface area contributed by atoms with Crippen LogP contribution in [0.2, 0.25) is 0 Å². The summed E-state index contributed by atoms with van der Waals surface area (Å²) in [6.07, 6.45) is 27.0. The van der Waals surface area contributed by atoms with Gasteiger partial charge in [-0.1, -0.05) is 276 Å². The van der Waals surface area contributed by atoms with E-state index in [2.05, 4.69) is 237 Å². The van der Waals surface area contributed by atoms with Gasteiger partial charge < -0.3 is 48.1 Å². The molecule has 2 N–H and O–H groups in total. The lowest BCUT2D eigenvalue weighted by molar-refractivity contribution is -0.209. The Hall–Kier alpha value is -6.04. The van der Waals surface area contributed by atoms with Crippen LogP contribution in [0.5, 0.6) is 34.5 Å². The van der Waals surface area contributed by atoms with Crippen molar-refractivity contribution < 1.29 is 48.1 Å². The van der Waals surface area contributed by atoms with Crippen LogP contribution in [0.25, 0.3) is 0 Å². The number of phenolic OH excluding ortho intramolecular Hbond substituents is 2. The molecule has 0 aromatic heterocycles. The average Bonchev–Trinajstić information content (AvgIpc) is 0.834. The van der Waals surface area contributed by atoms with E-state index in [1.165, 1.54) is 123 Å². The summed E-state index contributed by atoms with van der Waals surface area (Å²) in [5, 5.41) is 18.0. The fraction of sp³-hybridized carbons (Fsp3) is 0.636. The molecule has 109 heavy (non-hydrogen) atoms. The van der Waals surface area contributed by atoms with Gasteiger partial charge in [0.25, 0.3) is 0 Å². The summed E-state index contributed by atoms with van der Waals surface area (Å²) in [4.78, 5) is 0. The first kappa shape index (κ1) is 97.2. The van der Waals surface area contributed by atoms with Crippen molar-refractivity contribution in [3.63, 3.8) is 0 Å². The molecule has 10 atom stereocenters. The summed E-state index contributed by atoms with van der Waals surface area (Å²) < 4.78 is 48.0. The van der Waals surface area contributed by atoms with Gasteiger partial charge in [0.1, 0.15) is 34.5 Å². The van der Waals surface area contributed by atoms with E-state index >= 15 is 0 Å². The number of hydrogen-bond donors (Lipinski definition) is 2. The van der Waals surface area contributed by atoms with Crippen LogP contribution < -0.4 is 18.9 Å². The second kappa shape index (κ2) is 53.8. The molecule has 2 fully saturated rings.